The van der Waals surface area contributed by atoms with E-state index in [0.29, 0.717) is 5.88 Å². The Kier molecular flexibility index (Phi) is 4.63. The lowest BCUT2D eigenvalue weighted by atomic mass is 10.1. The molecule has 1 aromatic carbocycles. The molecular weight excluding hydrogens is 250 g/mol. The first-order valence-electron chi connectivity index (χ1n) is 6.26. The van der Waals surface area contributed by atoms with E-state index in [2.05, 4.69) is 48.7 Å². The van der Waals surface area contributed by atoms with E-state index in [1.54, 1.807) is 0 Å². The van der Waals surface area contributed by atoms with Crippen LogP contribution in [0.1, 0.15) is 24.5 Å². The molecular formula is C14H20ClNS. The Hall–Kier alpha value is -0.340. The van der Waals surface area contributed by atoms with Gasteiger partial charge >= 0.3 is 0 Å². The number of hydrogen-bond acceptors (Lipinski definition) is 2. The van der Waals surface area contributed by atoms with Gasteiger partial charge in [-0.2, -0.15) is 11.8 Å². The molecule has 1 saturated heterocycles. The molecule has 0 radical (unpaired) electrons. The summed E-state index contributed by atoms with van der Waals surface area (Å²) in [5.41, 5.74) is 3.90. The molecule has 1 atom stereocenters. The first kappa shape index (κ1) is 13.1. The average Bonchev–Trinajstić information content (AvgIpc) is 2.38. The molecule has 1 fully saturated rings. The third kappa shape index (κ3) is 3.11. The van der Waals surface area contributed by atoms with Crippen molar-refractivity contribution >= 4 is 29.1 Å². The average molecular weight is 270 g/mol. The van der Waals surface area contributed by atoms with Crippen molar-refractivity contribution in [3.63, 3.8) is 0 Å². The van der Waals surface area contributed by atoms with Gasteiger partial charge in [0.2, 0.25) is 0 Å². The Labute approximate surface area is 114 Å². The number of nitrogens with zero attached hydrogens (tertiary/aromatic N) is 1. The number of benzene rings is 1. The predicted molar refractivity (Wildman–Crippen MR) is 79.5 cm³/mol. The lowest BCUT2D eigenvalue weighted by Gasteiger charge is -2.34. The highest BCUT2D eigenvalue weighted by molar-refractivity contribution is 8.00. The summed E-state index contributed by atoms with van der Waals surface area (Å²) in [5.74, 6) is 1.84. The number of hydrogen-bond donors (Lipinski definition) is 0. The molecule has 2 rings (SSSR count). The van der Waals surface area contributed by atoms with Crippen LogP contribution < -0.4 is 4.90 Å². The Bertz CT molecular complexity index is 380. The summed E-state index contributed by atoms with van der Waals surface area (Å²) in [7, 11) is 0. The lowest BCUT2D eigenvalue weighted by Crippen LogP contribution is -2.38. The normalized spacial score (nSPS) is 20.6. The van der Waals surface area contributed by atoms with E-state index in [9.17, 15) is 0 Å². The van der Waals surface area contributed by atoms with Crippen LogP contribution in [-0.4, -0.2) is 24.1 Å². The van der Waals surface area contributed by atoms with E-state index in [4.69, 9.17) is 11.6 Å². The highest BCUT2D eigenvalue weighted by Gasteiger charge is 2.20. The van der Waals surface area contributed by atoms with Crippen LogP contribution in [0.2, 0.25) is 0 Å². The van der Waals surface area contributed by atoms with E-state index >= 15 is 0 Å². The highest BCUT2D eigenvalue weighted by Crippen LogP contribution is 2.29. The minimum atomic E-state index is 0.609. The number of aryl methyl sites for hydroxylation is 1. The summed E-state index contributed by atoms with van der Waals surface area (Å²) >= 11 is 8.17. The monoisotopic (exact) mass is 269 g/mol. The van der Waals surface area contributed by atoms with Gasteiger partial charge in [-0.1, -0.05) is 24.6 Å². The summed E-state index contributed by atoms with van der Waals surface area (Å²) in [6.07, 6.45) is 1.25. The molecule has 0 amide bonds. The third-order valence-electron chi connectivity index (χ3n) is 3.31. The van der Waals surface area contributed by atoms with E-state index in [-0.39, 0.29) is 0 Å². The molecule has 1 aromatic rings. The molecule has 0 aliphatic carbocycles. The topological polar surface area (TPSA) is 3.24 Å². The van der Waals surface area contributed by atoms with Gasteiger partial charge in [-0.25, -0.2) is 0 Å². The molecule has 0 saturated carbocycles. The Morgan fingerprint density at radius 2 is 2.29 bits per heavy atom. The maximum absolute atomic E-state index is 6.06. The van der Waals surface area contributed by atoms with Crippen LogP contribution in [-0.2, 0) is 5.88 Å². The highest BCUT2D eigenvalue weighted by atomic mass is 35.5. The van der Waals surface area contributed by atoms with Gasteiger partial charge in [0.1, 0.15) is 0 Å². The fraction of sp³-hybridized carbons (Fsp3) is 0.571. The zero-order valence-corrected chi connectivity index (χ0v) is 12.2. The molecule has 0 bridgehead atoms. The SMILES string of the molecule is CCC1CN(c2ccc(C)cc2CCl)CCS1. The largest absolute Gasteiger partial charge is 0.369 e. The van der Waals surface area contributed by atoms with Gasteiger partial charge in [-0.3, -0.25) is 0 Å². The summed E-state index contributed by atoms with van der Waals surface area (Å²) in [6, 6.07) is 6.63. The van der Waals surface area contributed by atoms with E-state index in [1.807, 2.05) is 0 Å². The Morgan fingerprint density at radius 3 is 3.00 bits per heavy atom. The molecule has 1 heterocycles. The van der Waals surface area contributed by atoms with Crippen molar-refractivity contribution in [2.45, 2.75) is 31.4 Å². The lowest BCUT2D eigenvalue weighted by molar-refractivity contribution is 0.726. The Balaban J connectivity index is 2.20. The van der Waals surface area contributed by atoms with Crippen molar-refractivity contribution in [2.75, 3.05) is 23.7 Å². The van der Waals surface area contributed by atoms with Crippen LogP contribution in [0.25, 0.3) is 0 Å². The van der Waals surface area contributed by atoms with Crippen molar-refractivity contribution in [2.24, 2.45) is 0 Å². The van der Waals surface area contributed by atoms with Crippen LogP contribution in [0.4, 0.5) is 5.69 Å². The van der Waals surface area contributed by atoms with Gasteiger partial charge < -0.3 is 4.90 Å². The van der Waals surface area contributed by atoms with Crippen LogP contribution in [0.3, 0.4) is 0 Å². The van der Waals surface area contributed by atoms with Crippen molar-refractivity contribution in [3.05, 3.63) is 29.3 Å². The van der Waals surface area contributed by atoms with Crippen LogP contribution in [0.5, 0.6) is 0 Å². The smallest absolute Gasteiger partial charge is 0.0494 e. The number of anilines is 1. The number of rotatable bonds is 3. The van der Waals surface area contributed by atoms with Gasteiger partial charge in [0.15, 0.2) is 0 Å². The quantitative estimate of drug-likeness (QED) is 0.761. The van der Waals surface area contributed by atoms with Gasteiger partial charge in [-0.05, 0) is 25.0 Å². The fourth-order valence-electron chi connectivity index (χ4n) is 2.31. The molecule has 0 spiro atoms. The molecule has 1 unspecified atom stereocenters. The minimum absolute atomic E-state index is 0.609. The maximum Gasteiger partial charge on any atom is 0.0494 e. The maximum atomic E-state index is 6.06. The zero-order chi connectivity index (χ0) is 12.3. The molecule has 1 nitrogen and oxygen atoms in total. The van der Waals surface area contributed by atoms with Crippen LogP contribution >= 0.6 is 23.4 Å². The first-order chi connectivity index (χ1) is 8.24. The number of halogens is 1. The summed E-state index contributed by atoms with van der Waals surface area (Å²) in [5, 5.41) is 0.772. The molecule has 0 N–H and O–H groups in total. The summed E-state index contributed by atoms with van der Waals surface area (Å²) in [6.45, 7) is 6.71. The number of alkyl halides is 1. The summed E-state index contributed by atoms with van der Waals surface area (Å²) in [4.78, 5) is 2.50. The van der Waals surface area contributed by atoms with Crippen molar-refractivity contribution in [3.8, 4) is 0 Å². The summed E-state index contributed by atoms with van der Waals surface area (Å²) < 4.78 is 0. The molecule has 17 heavy (non-hydrogen) atoms. The second-order valence-corrected chi connectivity index (χ2v) is 6.29. The van der Waals surface area contributed by atoms with Crippen LogP contribution in [0, 0.1) is 6.92 Å². The fourth-order valence-corrected chi connectivity index (χ4v) is 3.71. The standard InChI is InChI=1S/C14H20ClNS/c1-3-13-10-16(6-7-17-13)14-5-4-11(2)8-12(14)9-15/h4-5,8,13H,3,6-7,9-10H2,1-2H3. The minimum Gasteiger partial charge on any atom is -0.369 e. The zero-order valence-electron chi connectivity index (χ0n) is 10.6. The second-order valence-electron chi connectivity index (χ2n) is 4.61. The first-order valence-corrected chi connectivity index (χ1v) is 7.85. The van der Waals surface area contributed by atoms with E-state index in [0.717, 1.165) is 18.3 Å². The molecule has 1 aliphatic rings. The Morgan fingerprint density at radius 1 is 1.47 bits per heavy atom. The van der Waals surface area contributed by atoms with Gasteiger partial charge in [-0.15, -0.1) is 11.6 Å². The van der Waals surface area contributed by atoms with E-state index < -0.39 is 0 Å². The van der Waals surface area contributed by atoms with Gasteiger partial charge in [0.05, 0.1) is 0 Å². The molecule has 94 valence electrons. The number of thioether (sulfide) groups is 1. The molecule has 3 heteroatoms. The van der Waals surface area contributed by atoms with Crippen molar-refractivity contribution in [1.82, 2.24) is 0 Å². The van der Waals surface area contributed by atoms with Gasteiger partial charge in [0, 0.05) is 35.7 Å². The van der Waals surface area contributed by atoms with Gasteiger partial charge in [0.25, 0.3) is 0 Å². The van der Waals surface area contributed by atoms with Crippen LogP contribution in [0.15, 0.2) is 18.2 Å². The predicted octanol–water partition coefficient (Wildman–Crippen LogP) is 4.07. The molecule has 1 aliphatic heterocycles. The van der Waals surface area contributed by atoms with Crippen molar-refractivity contribution in [1.29, 1.82) is 0 Å². The van der Waals surface area contributed by atoms with Crippen molar-refractivity contribution < 1.29 is 0 Å². The third-order valence-corrected chi connectivity index (χ3v) is 4.97. The van der Waals surface area contributed by atoms with E-state index in [1.165, 1.54) is 29.0 Å². The molecule has 0 aromatic heterocycles. The second kappa shape index (κ2) is 6.01.